The third-order valence-electron chi connectivity index (χ3n) is 4.38. The summed E-state index contributed by atoms with van der Waals surface area (Å²) in [6.07, 6.45) is 1.15. The number of nitrogens with zero attached hydrogens (tertiary/aromatic N) is 2. The van der Waals surface area contributed by atoms with Crippen LogP contribution in [0.5, 0.6) is 0 Å². The molecule has 2 N–H and O–H groups in total. The maximum Gasteiger partial charge on any atom is 0.191 e. The molecular weight excluding hydrogens is 312 g/mol. The Kier molecular flexibility index (Phi) is 8.77. The first-order valence-electron chi connectivity index (χ1n) is 9.58. The second-order valence-electron chi connectivity index (χ2n) is 6.96. The number of ether oxygens (including phenoxy) is 1. The Hall–Kier alpha value is -1.59. The smallest absolute Gasteiger partial charge is 0.191 e. The number of benzene rings is 1. The first-order valence-corrected chi connectivity index (χ1v) is 9.58. The lowest BCUT2D eigenvalue weighted by Gasteiger charge is -2.27. The zero-order valence-electron chi connectivity index (χ0n) is 16.1. The van der Waals surface area contributed by atoms with Gasteiger partial charge in [-0.1, -0.05) is 38.1 Å². The van der Waals surface area contributed by atoms with Gasteiger partial charge in [0.2, 0.25) is 0 Å². The summed E-state index contributed by atoms with van der Waals surface area (Å²) in [6, 6.07) is 8.64. The van der Waals surface area contributed by atoms with Crippen LogP contribution in [0, 0.1) is 5.92 Å². The van der Waals surface area contributed by atoms with Gasteiger partial charge in [0.25, 0.3) is 0 Å². The predicted octanol–water partition coefficient (Wildman–Crippen LogP) is 2.62. The van der Waals surface area contributed by atoms with Crippen LogP contribution in [0.2, 0.25) is 0 Å². The van der Waals surface area contributed by atoms with Crippen molar-refractivity contribution in [2.45, 2.75) is 40.3 Å². The van der Waals surface area contributed by atoms with Gasteiger partial charge in [0.15, 0.2) is 5.96 Å². The zero-order valence-corrected chi connectivity index (χ0v) is 16.1. The van der Waals surface area contributed by atoms with Gasteiger partial charge in [0.1, 0.15) is 0 Å². The summed E-state index contributed by atoms with van der Waals surface area (Å²) in [5.74, 6) is 1.61. The summed E-state index contributed by atoms with van der Waals surface area (Å²) >= 11 is 0. The number of morpholine rings is 1. The minimum atomic E-state index is 0.699. The Morgan fingerprint density at radius 3 is 2.56 bits per heavy atom. The van der Waals surface area contributed by atoms with Crippen LogP contribution in [0.3, 0.4) is 0 Å². The van der Waals surface area contributed by atoms with Crippen LogP contribution in [-0.2, 0) is 17.8 Å². The first-order chi connectivity index (χ1) is 12.2. The van der Waals surface area contributed by atoms with Crippen molar-refractivity contribution >= 4 is 5.96 Å². The fourth-order valence-corrected chi connectivity index (χ4v) is 2.85. The van der Waals surface area contributed by atoms with E-state index in [1.165, 1.54) is 11.1 Å². The molecule has 0 atom stereocenters. The van der Waals surface area contributed by atoms with Crippen molar-refractivity contribution in [3.63, 3.8) is 0 Å². The lowest BCUT2D eigenvalue weighted by molar-refractivity contribution is 0.0341. The fraction of sp³-hybridized carbons (Fsp3) is 0.650. The Balaban J connectivity index is 1.96. The molecule has 0 aromatic heterocycles. The molecule has 140 valence electrons. The SMILES string of the molecule is CCNC(=NCc1ccccc1CN1CCOCC1)NCCC(C)C. The molecule has 0 aliphatic carbocycles. The minimum Gasteiger partial charge on any atom is -0.379 e. The van der Waals surface area contributed by atoms with Crippen molar-refractivity contribution in [3.05, 3.63) is 35.4 Å². The summed E-state index contributed by atoms with van der Waals surface area (Å²) in [5.41, 5.74) is 2.67. The molecular formula is C20H34N4O. The van der Waals surface area contributed by atoms with Crippen molar-refractivity contribution < 1.29 is 4.74 Å². The second-order valence-corrected chi connectivity index (χ2v) is 6.96. The van der Waals surface area contributed by atoms with Gasteiger partial charge >= 0.3 is 0 Å². The molecule has 0 bridgehead atoms. The molecule has 1 aliphatic heterocycles. The van der Waals surface area contributed by atoms with E-state index in [-0.39, 0.29) is 0 Å². The monoisotopic (exact) mass is 346 g/mol. The number of guanidine groups is 1. The molecule has 1 heterocycles. The van der Waals surface area contributed by atoms with Crippen LogP contribution in [0.4, 0.5) is 0 Å². The summed E-state index contributed by atoms with van der Waals surface area (Å²) < 4.78 is 5.45. The van der Waals surface area contributed by atoms with E-state index < -0.39 is 0 Å². The summed E-state index contributed by atoms with van der Waals surface area (Å²) in [4.78, 5) is 7.24. The lowest BCUT2D eigenvalue weighted by Crippen LogP contribution is -2.38. The molecule has 5 heteroatoms. The van der Waals surface area contributed by atoms with Gasteiger partial charge in [-0.25, -0.2) is 4.99 Å². The number of hydrogen-bond acceptors (Lipinski definition) is 3. The highest BCUT2D eigenvalue weighted by atomic mass is 16.5. The van der Waals surface area contributed by atoms with E-state index in [0.29, 0.717) is 12.5 Å². The lowest BCUT2D eigenvalue weighted by atomic mass is 10.1. The molecule has 0 spiro atoms. The van der Waals surface area contributed by atoms with Crippen LogP contribution in [0.15, 0.2) is 29.3 Å². The largest absolute Gasteiger partial charge is 0.379 e. The highest BCUT2D eigenvalue weighted by molar-refractivity contribution is 5.79. The van der Waals surface area contributed by atoms with E-state index in [9.17, 15) is 0 Å². The molecule has 2 rings (SSSR count). The van der Waals surface area contributed by atoms with E-state index >= 15 is 0 Å². The van der Waals surface area contributed by atoms with Gasteiger partial charge in [-0.3, -0.25) is 4.90 Å². The Labute approximate surface area is 152 Å². The number of nitrogens with one attached hydrogen (secondary N) is 2. The summed E-state index contributed by atoms with van der Waals surface area (Å²) in [6.45, 7) is 13.8. The highest BCUT2D eigenvalue weighted by Gasteiger charge is 2.12. The van der Waals surface area contributed by atoms with Crippen LogP contribution in [0.1, 0.15) is 38.3 Å². The molecule has 1 fully saturated rings. The maximum atomic E-state index is 5.45. The Morgan fingerprint density at radius 1 is 1.16 bits per heavy atom. The Bertz CT molecular complexity index is 524. The third kappa shape index (κ3) is 7.45. The zero-order chi connectivity index (χ0) is 17.9. The number of rotatable bonds is 8. The van der Waals surface area contributed by atoms with E-state index in [0.717, 1.165) is 58.3 Å². The number of aliphatic imine (C=N–C) groups is 1. The Morgan fingerprint density at radius 2 is 1.88 bits per heavy atom. The van der Waals surface area contributed by atoms with Crippen molar-refractivity contribution in [1.82, 2.24) is 15.5 Å². The van der Waals surface area contributed by atoms with Gasteiger partial charge in [-0.15, -0.1) is 0 Å². The van der Waals surface area contributed by atoms with Gasteiger partial charge in [-0.2, -0.15) is 0 Å². The molecule has 0 amide bonds. The van der Waals surface area contributed by atoms with E-state index in [1.54, 1.807) is 0 Å². The van der Waals surface area contributed by atoms with Gasteiger partial charge in [0.05, 0.1) is 19.8 Å². The molecule has 1 aromatic carbocycles. The van der Waals surface area contributed by atoms with Crippen LogP contribution in [-0.4, -0.2) is 50.3 Å². The second kappa shape index (κ2) is 11.1. The van der Waals surface area contributed by atoms with E-state index in [2.05, 4.69) is 60.6 Å². The van der Waals surface area contributed by atoms with Gasteiger partial charge < -0.3 is 15.4 Å². The molecule has 0 saturated carbocycles. The van der Waals surface area contributed by atoms with Crippen LogP contribution < -0.4 is 10.6 Å². The molecule has 1 aromatic rings. The predicted molar refractivity (Wildman–Crippen MR) is 105 cm³/mol. The van der Waals surface area contributed by atoms with Crippen LogP contribution in [0.25, 0.3) is 0 Å². The van der Waals surface area contributed by atoms with Crippen molar-refractivity contribution in [3.8, 4) is 0 Å². The maximum absolute atomic E-state index is 5.45. The molecule has 0 radical (unpaired) electrons. The standard InChI is InChI=1S/C20H34N4O/c1-4-21-20(22-10-9-17(2)3)23-15-18-7-5-6-8-19(18)16-24-11-13-25-14-12-24/h5-8,17H,4,9-16H2,1-3H3,(H2,21,22,23). The minimum absolute atomic E-state index is 0.699. The average Bonchev–Trinajstić information content (AvgIpc) is 2.61. The summed E-state index contributed by atoms with van der Waals surface area (Å²) in [5, 5.41) is 6.77. The third-order valence-corrected chi connectivity index (χ3v) is 4.38. The van der Waals surface area contributed by atoms with E-state index in [4.69, 9.17) is 9.73 Å². The normalized spacial score (nSPS) is 16.2. The number of hydrogen-bond donors (Lipinski definition) is 2. The van der Waals surface area contributed by atoms with Gasteiger partial charge in [0, 0.05) is 32.7 Å². The highest BCUT2D eigenvalue weighted by Crippen LogP contribution is 2.14. The van der Waals surface area contributed by atoms with Crippen molar-refractivity contribution in [2.24, 2.45) is 10.9 Å². The first kappa shape index (κ1) is 19.7. The molecule has 25 heavy (non-hydrogen) atoms. The van der Waals surface area contributed by atoms with Crippen molar-refractivity contribution in [2.75, 3.05) is 39.4 Å². The summed E-state index contributed by atoms with van der Waals surface area (Å²) in [7, 11) is 0. The quantitative estimate of drug-likeness (QED) is 0.561. The average molecular weight is 347 g/mol. The van der Waals surface area contributed by atoms with Crippen molar-refractivity contribution in [1.29, 1.82) is 0 Å². The molecule has 5 nitrogen and oxygen atoms in total. The molecule has 0 unspecified atom stereocenters. The fourth-order valence-electron chi connectivity index (χ4n) is 2.85. The van der Waals surface area contributed by atoms with E-state index in [1.807, 2.05) is 0 Å². The molecule has 1 saturated heterocycles. The molecule has 1 aliphatic rings. The van der Waals surface area contributed by atoms with Gasteiger partial charge in [-0.05, 0) is 30.4 Å². The van der Waals surface area contributed by atoms with Crippen LogP contribution >= 0.6 is 0 Å². The topological polar surface area (TPSA) is 48.9 Å².